The third-order valence-electron chi connectivity index (χ3n) is 2.47. The Kier molecular flexibility index (Phi) is 4.97. The molecule has 0 aliphatic carbocycles. The maximum atomic E-state index is 11.7. The Morgan fingerprint density at radius 2 is 2.00 bits per heavy atom. The van der Waals surface area contributed by atoms with E-state index >= 15 is 0 Å². The Hall–Kier alpha value is -1.75. The number of aliphatic hydroxyl groups is 1. The fourth-order valence-electron chi connectivity index (χ4n) is 1.65. The van der Waals surface area contributed by atoms with Gasteiger partial charge >= 0.3 is 0 Å². The summed E-state index contributed by atoms with van der Waals surface area (Å²) < 4.78 is 0. The standard InChI is InChI=1S/C13H19NO4/c1-8(2)5-10(16)7-14-13(18)11-4-3-9(15)6-12(11)17/h3-4,6,8,10,15-17H,5,7H2,1-2H3,(H,14,18). The van der Waals surface area contributed by atoms with E-state index in [1.54, 1.807) is 0 Å². The summed E-state index contributed by atoms with van der Waals surface area (Å²) in [5, 5.41) is 30.7. The van der Waals surface area contributed by atoms with Crippen molar-refractivity contribution in [3.8, 4) is 11.5 Å². The second kappa shape index (κ2) is 6.26. The highest BCUT2D eigenvalue weighted by atomic mass is 16.3. The average molecular weight is 253 g/mol. The minimum absolute atomic E-state index is 0.0737. The number of hydrogen-bond acceptors (Lipinski definition) is 4. The van der Waals surface area contributed by atoms with Crippen LogP contribution in [0.5, 0.6) is 11.5 Å². The van der Waals surface area contributed by atoms with Crippen LogP contribution in [0.3, 0.4) is 0 Å². The number of aliphatic hydroxyl groups excluding tert-OH is 1. The van der Waals surface area contributed by atoms with Crippen molar-refractivity contribution >= 4 is 5.91 Å². The van der Waals surface area contributed by atoms with Crippen LogP contribution in [0.15, 0.2) is 18.2 Å². The molecule has 0 bridgehead atoms. The first-order valence-corrected chi connectivity index (χ1v) is 5.88. The fourth-order valence-corrected chi connectivity index (χ4v) is 1.65. The maximum absolute atomic E-state index is 11.7. The summed E-state index contributed by atoms with van der Waals surface area (Å²) in [6.45, 7) is 4.10. The van der Waals surface area contributed by atoms with Crippen molar-refractivity contribution in [1.82, 2.24) is 5.32 Å². The first kappa shape index (κ1) is 14.3. The Labute approximate surface area is 106 Å². The number of phenolic OH excluding ortho intramolecular Hbond substituents is 2. The van der Waals surface area contributed by atoms with Crippen molar-refractivity contribution < 1.29 is 20.1 Å². The van der Waals surface area contributed by atoms with Crippen LogP contribution in [0.25, 0.3) is 0 Å². The number of aromatic hydroxyl groups is 2. The molecule has 18 heavy (non-hydrogen) atoms. The summed E-state index contributed by atoms with van der Waals surface area (Å²) in [4.78, 5) is 11.7. The molecule has 100 valence electrons. The van der Waals surface area contributed by atoms with Gasteiger partial charge in [0, 0.05) is 12.6 Å². The maximum Gasteiger partial charge on any atom is 0.255 e. The molecule has 1 unspecified atom stereocenters. The van der Waals surface area contributed by atoms with E-state index in [-0.39, 0.29) is 23.6 Å². The molecule has 0 radical (unpaired) electrons. The second-order valence-electron chi connectivity index (χ2n) is 4.69. The summed E-state index contributed by atoms with van der Waals surface area (Å²) in [6.07, 6.45) is -0.00446. The predicted octanol–water partition coefficient (Wildman–Crippen LogP) is 1.23. The summed E-state index contributed by atoms with van der Waals surface area (Å²) in [5.74, 6) is -0.524. The van der Waals surface area contributed by atoms with E-state index in [1.807, 2.05) is 13.8 Å². The molecule has 5 heteroatoms. The van der Waals surface area contributed by atoms with Crippen LogP contribution in [0.2, 0.25) is 0 Å². The van der Waals surface area contributed by atoms with Crippen LogP contribution < -0.4 is 5.32 Å². The third-order valence-corrected chi connectivity index (χ3v) is 2.47. The van der Waals surface area contributed by atoms with Gasteiger partial charge in [-0.15, -0.1) is 0 Å². The summed E-state index contributed by atoms with van der Waals surface area (Å²) >= 11 is 0. The van der Waals surface area contributed by atoms with E-state index in [1.165, 1.54) is 12.1 Å². The first-order valence-electron chi connectivity index (χ1n) is 5.88. The van der Waals surface area contributed by atoms with Gasteiger partial charge in [0.15, 0.2) is 0 Å². The van der Waals surface area contributed by atoms with E-state index in [4.69, 9.17) is 5.11 Å². The zero-order valence-corrected chi connectivity index (χ0v) is 10.6. The third kappa shape index (κ3) is 4.25. The van der Waals surface area contributed by atoms with Gasteiger partial charge in [0.25, 0.3) is 5.91 Å². The molecular weight excluding hydrogens is 234 g/mol. The van der Waals surface area contributed by atoms with E-state index < -0.39 is 12.0 Å². The highest BCUT2D eigenvalue weighted by molar-refractivity contribution is 5.96. The molecule has 1 aromatic rings. The lowest BCUT2D eigenvalue weighted by Crippen LogP contribution is -2.32. The van der Waals surface area contributed by atoms with Crippen LogP contribution in [0.1, 0.15) is 30.6 Å². The Balaban J connectivity index is 2.55. The number of carbonyl (C=O) groups excluding carboxylic acids is 1. The van der Waals surface area contributed by atoms with Gasteiger partial charge < -0.3 is 20.6 Å². The lowest BCUT2D eigenvalue weighted by atomic mass is 10.1. The lowest BCUT2D eigenvalue weighted by Gasteiger charge is -2.14. The highest BCUT2D eigenvalue weighted by Gasteiger charge is 2.13. The summed E-state index contributed by atoms with van der Waals surface area (Å²) in [7, 11) is 0. The molecule has 1 amide bonds. The van der Waals surface area contributed by atoms with E-state index in [9.17, 15) is 15.0 Å². The largest absolute Gasteiger partial charge is 0.508 e. The van der Waals surface area contributed by atoms with Crippen molar-refractivity contribution in [2.45, 2.75) is 26.4 Å². The van der Waals surface area contributed by atoms with E-state index in [0.717, 1.165) is 6.07 Å². The number of amides is 1. The van der Waals surface area contributed by atoms with Crippen LogP contribution in [-0.4, -0.2) is 33.9 Å². The van der Waals surface area contributed by atoms with Crippen molar-refractivity contribution in [1.29, 1.82) is 0 Å². The molecule has 0 spiro atoms. The van der Waals surface area contributed by atoms with Crippen molar-refractivity contribution in [3.63, 3.8) is 0 Å². The number of nitrogens with one attached hydrogen (secondary N) is 1. The fraction of sp³-hybridized carbons (Fsp3) is 0.462. The molecule has 1 atom stereocenters. The minimum atomic E-state index is -0.604. The molecule has 0 aliphatic rings. The summed E-state index contributed by atoms with van der Waals surface area (Å²) in [6, 6.07) is 3.74. The molecule has 0 fully saturated rings. The minimum Gasteiger partial charge on any atom is -0.508 e. The number of phenols is 2. The topological polar surface area (TPSA) is 89.8 Å². The van der Waals surface area contributed by atoms with Gasteiger partial charge in [-0.25, -0.2) is 0 Å². The quantitative estimate of drug-likeness (QED) is 0.635. The Morgan fingerprint density at radius 3 is 2.56 bits per heavy atom. The molecule has 1 aromatic carbocycles. The van der Waals surface area contributed by atoms with Gasteiger partial charge in [-0.2, -0.15) is 0 Å². The zero-order chi connectivity index (χ0) is 13.7. The molecule has 5 nitrogen and oxygen atoms in total. The second-order valence-corrected chi connectivity index (χ2v) is 4.69. The Bertz CT molecular complexity index is 417. The average Bonchev–Trinajstić information content (AvgIpc) is 2.25. The van der Waals surface area contributed by atoms with E-state index in [0.29, 0.717) is 12.3 Å². The van der Waals surface area contributed by atoms with Gasteiger partial charge in [0.05, 0.1) is 11.7 Å². The SMILES string of the molecule is CC(C)CC(O)CNC(=O)c1ccc(O)cc1O. The molecule has 1 rings (SSSR count). The van der Waals surface area contributed by atoms with Crippen molar-refractivity contribution in [2.24, 2.45) is 5.92 Å². The highest BCUT2D eigenvalue weighted by Crippen LogP contribution is 2.22. The number of benzene rings is 1. The molecule has 0 aliphatic heterocycles. The molecule has 0 saturated carbocycles. The van der Waals surface area contributed by atoms with Gasteiger partial charge in [0.1, 0.15) is 11.5 Å². The normalized spacial score (nSPS) is 12.4. The molecule has 0 saturated heterocycles. The number of hydrogen-bond donors (Lipinski definition) is 4. The van der Waals surface area contributed by atoms with Gasteiger partial charge in [-0.05, 0) is 24.5 Å². The molecule has 4 N–H and O–H groups in total. The monoisotopic (exact) mass is 253 g/mol. The van der Waals surface area contributed by atoms with Crippen LogP contribution >= 0.6 is 0 Å². The van der Waals surface area contributed by atoms with Crippen LogP contribution in [0, 0.1) is 5.92 Å². The van der Waals surface area contributed by atoms with Crippen LogP contribution in [0.4, 0.5) is 0 Å². The van der Waals surface area contributed by atoms with Gasteiger partial charge in [-0.3, -0.25) is 4.79 Å². The lowest BCUT2D eigenvalue weighted by molar-refractivity contribution is 0.0897. The van der Waals surface area contributed by atoms with Crippen molar-refractivity contribution in [2.75, 3.05) is 6.54 Å². The van der Waals surface area contributed by atoms with Crippen molar-refractivity contribution in [3.05, 3.63) is 23.8 Å². The molecular formula is C13H19NO4. The number of carbonyl (C=O) groups is 1. The van der Waals surface area contributed by atoms with Crippen LogP contribution in [-0.2, 0) is 0 Å². The predicted molar refractivity (Wildman–Crippen MR) is 67.6 cm³/mol. The van der Waals surface area contributed by atoms with E-state index in [2.05, 4.69) is 5.32 Å². The smallest absolute Gasteiger partial charge is 0.255 e. The summed E-state index contributed by atoms with van der Waals surface area (Å²) in [5.41, 5.74) is 0.0737. The molecule has 0 heterocycles. The molecule has 0 aromatic heterocycles. The Morgan fingerprint density at radius 1 is 1.33 bits per heavy atom. The number of rotatable bonds is 5. The van der Waals surface area contributed by atoms with Gasteiger partial charge in [-0.1, -0.05) is 13.8 Å². The van der Waals surface area contributed by atoms with Gasteiger partial charge in [0.2, 0.25) is 0 Å². The first-order chi connectivity index (χ1) is 8.40. The zero-order valence-electron chi connectivity index (χ0n) is 10.6.